The predicted octanol–water partition coefficient (Wildman–Crippen LogP) is 2.98. The van der Waals surface area contributed by atoms with Crippen LogP contribution in [0.25, 0.3) is 0 Å². The smallest absolute Gasteiger partial charge is 0.465 e. The number of hydrogen-bond acceptors (Lipinski definition) is 4. The highest BCUT2D eigenvalue weighted by Gasteiger charge is 2.32. The average Bonchev–Trinajstić information content (AvgIpc) is 2.34. The zero-order valence-corrected chi connectivity index (χ0v) is 10.3. The van der Waals surface area contributed by atoms with E-state index in [1.807, 2.05) is 0 Å². The predicted molar refractivity (Wildman–Crippen MR) is 58.7 cm³/mol. The van der Waals surface area contributed by atoms with Gasteiger partial charge in [-0.15, -0.1) is 24.8 Å². The second-order valence-corrected chi connectivity index (χ2v) is 3.56. The number of halogens is 4. The summed E-state index contributed by atoms with van der Waals surface area (Å²) < 4.78 is 44.5. The molecular weight excluding hydrogens is 287 g/mol. The monoisotopic (exact) mass is 293 g/mol. The van der Waals surface area contributed by atoms with Crippen molar-refractivity contribution in [2.75, 3.05) is 7.11 Å². The number of alkyl halides is 4. The van der Waals surface area contributed by atoms with E-state index in [-0.39, 0.29) is 22.6 Å². The van der Waals surface area contributed by atoms with Crippen molar-refractivity contribution in [3.05, 3.63) is 28.8 Å². The zero-order valence-electron chi connectivity index (χ0n) is 9.55. The number of hydrogen-bond donors (Lipinski definition) is 0. The minimum absolute atomic E-state index is 0.0475. The fourth-order valence-corrected chi connectivity index (χ4v) is 1.58. The van der Waals surface area contributed by atoms with Gasteiger partial charge in [0.05, 0.1) is 18.2 Å². The normalized spacial score (nSPS) is 10.7. The highest BCUT2D eigenvalue weighted by molar-refractivity contribution is 6.17. The Labute approximate surface area is 111 Å². The number of methoxy groups -OCH3 is 1. The topological polar surface area (TPSA) is 59.3 Å². The van der Waals surface area contributed by atoms with Crippen LogP contribution in [0.2, 0.25) is 0 Å². The van der Waals surface area contributed by atoms with Gasteiger partial charge in [-0.1, -0.05) is 0 Å². The third kappa shape index (κ3) is 3.76. The molecule has 0 bridgehead atoms. The third-order valence-electron chi connectivity index (χ3n) is 2.09. The van der Waals surface area contributed by atoms with E-state index in [0.717, 1.165) is 19.2 Å². The van der Waals surface area contributed by atoms with Crippen LogP contribution in [0, 0.1) is 11.3 Å². The number of ether oxygens (including phenoxy) is 2. The molecule has 4 nitrogen and oxygen atoms in total. The van der Waals surface area contributed by atoms with Crippen molar-refractivity contribution in [2.24, 2.45) is 0 Å². The van der Waals surface area contributed by atoms with Crippen LogP contribution in [-0.4, -0.2) is 19.4 Å². The summed E-state index contributed by atoms with van der Waals surface area (Å²) in [5.41, 5.74) is -0.426. The minimum Gasteiger partial charge on any atom is -0.465 e. The summed E-state index contributed by atoms with van der Waals surface area (Å²) in [5.74, 6) is -1.83. The molecule has 0 atom stereocenters. The Bertz CT molecular complexity index is 537. The highest BCUT2D eigenvalue weighted by atomic mass is 35.5. The van der Waals surface area contributed by atoms with Crippen LogP contribution in [0.4, 0.5) is 13.2 Å². The standard InChI is InChI=1S/C11H7ClF3NO3/c1-18-10(17)8-3-7(19-11(13,14)15)2-6(4-12)9(8)5-16/h2-3H,4H2,1H3. The Morgan fingerprint density at radius 2 is 2.11 bits per heavy atom. The fraction of sp³-hybridized carbons (Fsp3) is 0.273. The molecule has 0 aromatic heterocycles. The third-order valence-corrected chi connectivity index (χ3v) is 2.38. The zero-order chi connectivity index (χ0) is 14.6. The lowest BCUT2D eigenvalue weighted by Gasteiger charge is -2.12. The summed E-state index contributed by atoms with van der Waals surface area (Å²) in [4.78, 5) is 11.4. The van der Waals surface area contributed by atoms with Gasteiger partial charge in [0.25, 0.3) is 0 Å². The second kappa shape index (κ2) is 5.80. The first-order valence-electron chi connectivity index (χ1n) is 4.79. The van der Waals surface area contributed by atoms with Crippen molar-refractivity contribution in [3.63, 3.8) is 0 Å². The molecule has 1 aromatic carbocycles. The summed E-state index contributed by atoms with van der Waals surface area (Å²) in [5, 5.41) is 8.92. The molecule has 0 heterocycles. The maximum atomic E-state index is 12.1. The van der Waals surface area contributed by atoms with Crippen LogP contribution in [-0.2, 0) is 10.6 Å². The van der Waals surface area contributed by atoms with Gasteiger partial charge in [-0.05, 0) is 17.7 Å². The SMILES string of the molecule is COC(=O)c1cc(OC(F)(F)F)cc(CCl)c1C#N. The van der Waals surface area contributed by atoms with Crippen LogP contribution < -0.4 is 4.74 Å². The molecule has 0 spiro atoms. The molecule has 0 N–H and O–H groups in total. The number of carbonyl (C=O) groups excluding carboxylic acids is 1. The lowest BCUT2D eigenvalue weighted by atomic mass is 10.0. The van der Waals surface area contributed by atoms with E-state index in [1.165, 1.54) is 0 Å². The van der Waals surface area contributed by atoms with Crippen molar-refractivity contribution in [1.29, 1.82) is 5.26 Å². The van der Waals surface area contributed by atoms with Gasteiger partial charge in [-0.25, -0.2) is 4.79 Å². The van der Waals surface area contributed by atoms with E-state index in [0.29, 0.717) is 0 Å². The molecule has 19 heavy (non-hydrogen) atoms. The number of carbonyl (C=O) groups is 1. The molecule has 0 aliphatic rings. The Balaban J connectivity index is 3.39. The van der Waals surface area contributed by atoms with Gasteiger partial charge in [-0.2, -0.15) is 5.26 Å². The van der Waals surface area contributed by atoms with Gasteiger partial charge in [0.15, 0.2) is 0 Å². The number of esters is 1. The molecule has 8 heteroatoms. The fourth-order valence-electron chi connectivity index (χ4n) is 1.37. The van der Waals surface area contributed by atoms with Gasteiger partial charge < -0.3 is 9.47 Å². The minimum atomic E-state index is -4.91. The van der Waals surface area contributed by atoms with Gasteiger partial charge in [0.1, 0.15) is 11.8 Å². The average molecular weight is 294 g/mol. The lowest BCUT2D eigenvalue weighted by Crippen LogP contribution is -2.18. The van der Waals surface area contributed by atoms with Crippen LogP contribution in [0.1, 0.15) is 21.5 Å². The largest absolute Gasteiger partial charge is 0.573 e. The quantitative estimate of drug-likeness (QED) is 0.635. The first-order chi connectivity index (χ1) is 8.82. The van der Waals surface area contributed by atoms with E-state index in [2.05, 4.69) is 9.47 Å². The van der Waals surface area contributed by atoms with Gasteiger partial charge in [-0.3, -0.25) is 0 Å². The molecule has 102 valence electrons. The molecule has 0 aliphatic carbocycles. The van der Waals surface area contributed by atoms with Gasteiger partial charge in [0.2, 0.25) is 0 Å². The molecule has 0 amide bonds. The second-order valence-electron chi connectivity index (χ2n) is 3.29. The molecule has 0 saturated heterocycles. The Morgan fingerprint density at radius 3 is 2.53 bits per heavy atom. The highest BCUT2D eigenvalue weighted by Crippen LogP contribution is 2.28. The Hall–Kier alpha value is -1.94. The number of benzene rings is 1. The maximum Gasteiger partial charge on any atom is 0.573 e. The molecule has 0 unspecified atom stereocenters. The number of rotatable bonds is 3. The van der Waals surface area contributed by atoms with Crippen molar-refractivity contribution >= 4 is 17.6 Å². The van der Waals surface area contributed by atoms with Gasteiger partial charge >= 0.3 is 12.3 Å². The number of nitriles is 1. The molecule has 0 saturated carbocycles. The van der Waals surface area contributed by atoms with E-state index >= 15 is 0 Å². The van der Waals surface area contributed by atoms with Crippen molar-refractivity contribution < 1.29 is 27.4 Å². The van der Waals surface area contributed by atoms with Crippen molar-refractivity contribution in [3.8, 4) is 11.8 Å². The number of nitrogens with zero attached hydrogens (tertiary/aromatic N) is 1. The maximum absolute atomic E-state index is 12.1. The van der Waals surface area contributed by atoms with E-state index < -0.39 is 18.1 Å². The van der Waals surface area contributed by atoms with Crippen molar-refractivity contribution in [2.45, 2.75) is 12.2 Å². The molecule has 0 aliphatic heterocycles. The Kier molecular flexibility index (Phi) is 4.62. The van der Waals surface area contributed by atoms with Crippen LogP contribution in [0.15, 0.2) is 12.1 Å². The van der Waals surface area contributed by atoms with Crippen molar-refractivity contribution in [1.82, 2.24) is 0 Å². The van der Waals surface area contributed by atoms with E-state index in [4.69, 9.17) is 16.9 Å². The first-order valence-corrected chi connectivity index (χ1v) is 5.33. The molecular formula is C11H7ClF3NO3. The van der Waals surface area contributed by atoms with Crippen LogP contribution >= 0.6 is 11.6 Å². The van der Waals surface area contributed by atoms with Crippen LogP contribution in [0.3, 0.4) is 0 Å². The molecule has 1 aromatic rings. The molecule has 0 radical (unpaired) electrons. The van der Waals surface area contributed by atoms with Crippen LogP contribution in [0.5, 0.6) is 5.75 Å². The van der Waals surface area contributed by atoms with E-state index in [1.54, 1.807) is 6.07 Å². The first kappa shape index (κ1) is 15.1. The summed E-state index contributed by atoms with van der Waals surface area (Å²) in [6.45, 7) is 0. The summed E-state index contributed by atoms with van der Waals surface area (Å²) in [7, 11) is 1.04. The Morgan fingerprint density at radius 1 is 1.47 bits per heavy atom. The summed E-state index contributed by atoms with van der Waals surface area (Å²) in [6, 6.07) is 3.43. The van der Waals surface area contributed by atoms with Gasteiger partial charge in [0, 0.05) is 5.88 Å². The summed E-state index contributed by atoms with van der Waals surface area (Å²) >= 11 is 5.53. The van der Waals surface area contributed by atoms with E-state index in [9.17, 15) is 18.0 Å². The lowest BCUT2D eigenvalue weighted by molar-refractivity contribution is -0.274. The molecule has 0 fully saturated rings. The molecule has 1 rings (SSSR count). The summed E-state index contributed by atoms with van der Waals surface area (Å²) in [6.07, 6.45) is -4.91.